The maximum Gasteiger partial charge on any atom is 0.251 e. The van der Waals surface area contributed by atoms with Gasteiger partial charge in [-0.05, 0) is 49.8 Å². The van der Waals surface area contributed by atoms with Gasteiger partial charge in [0.05, 0.1) is 0 Å². The summed E-state index contributed by atoms with van der Waals surface area (Å²) in [7, 11) is 0. The van der Waals surface area contributed by atoms with Gasteiger partial charge < -0.3 is 15.4 Å². The van der Waals surface area contributed by atoms with Gasteiger partial charge in [-0.25, -0.2) is 0 Å². The van der Waals surface area contributed by atoms with E-state index in [1.54, 1.807) is 0 Å². The van der Waals surface area contributed by atoms with Gasteiger partial charge in [-0.1, -0.05) is 6.07 Å². The highest BCUT2D eigenvalue weighted by Crippen LogP contribution is 2.20. The molecule has 1 amide bonds. The Morgan fingerprint density at radius 3 is 2.75 bits per heavy atom. The molecule has 1 heterocycles. The summed E-state index contributed by atoms with van der Waals surface area (Å²) in [5.74, 6) is 0.718. The molecule has 2 N–H and O–H groups in total. The number of anilines is 1. The second-order valence-corrected chi connectivity index (χ2v) is 5.77. The second kappa shape index (κ2) is 6.27. The van der Waals surface area contributed by atoms with Crippen LogP contribution in [0, 0.1) is 5.92 Å². The molecule has 1 aliphatic carbocycles. The third-order valence-electron chi connectivity index (χ3n) is 3.97. The molecule has 0 unspecified atom stereocenters. The number of benzene rings is 1. The van der Waals surface area contributed by atoms with Gasteiger partial charge in [0, 0.05) is 37.1 Å². The molecule has 2 aliphatic rings. The molecule has 0 atom stereocenters. The number of carbonyl (C=O) groups excluding carboxylic acids is 1. The fourth-order valence-corrected chi connectivity index (χ4v) is 2.48. The summed E-state index contributed by atoms with van der Waals surface area (Å²) in [5, 5.41) is 6.46. The Balaban J connectivity index is 1.54. The summed E-state index contributed by atoms with van der Waals surface area (Å²) in [6.07, 6.45) is 4.48. The standard InChI is InChI=1S/C16H22N2O2/c19-16(18-14-4-5-14)13-2-1-3-15(10-13)17-11-12-6-8-20-9-7-12/h1-3,10,12,14,17H,4-9,11H2,(H,18,19). The summed E-state index contributed by atoms with van der Waals surface area (Å²) in [5.41, 5.74) is 1.77. The highest BCUT2D eigenvalue weighted by atomic mass is 16.5. The Bertz CT molecular complexity index is 465. The van der Waals surface area contributed by atoms with Crippen molar-refractivity contribution in [1.82, 2.24) is 5.32 Å². The number of carbonyl (C=O) groups is 1. The number of hydrogen-bond donors (Lipinski definition) is 2. The average Bonchev–Trinajstić information content (AvgIpc) is 3.30. The van der Waals surface area contributed by atoms with Gasteiger partial charge in [-0.2, -0.15) is 0 Å². The Morgan fingerprint density at radius 2 is 2.00 bits per heavy atom. The first kappa shape index (κ1) is 13.4. The topological polar surface area (TPSA) is 50.4 Å². The normalized spacial score (nSPS) is 19.6. The lowest BCUT2D eigenvalue weighted by Gasteiger charge is -2.22. The molecule has 4 heteroatoms. The molecular weight excluding hydrogens is 252 g/mol. The van der Waals surface area contributed by atoms with Crippen LogP contribution < -0.4 is 10.6 Å². The van der Waals surface area contributed by atoms with Crippen LogP contribution in [0.25, 0.3) is 0 Å². The molecule has 1 aromatic carbocycles. The Morgan fingerprint density at radius 1 is 1.20 bits per heavy atom. The lowest BCUT2D eigenvalue weighted by molar-refractivity contribution is 0.0699. The minimum Gasteiger partial charge on any atom is -0.385 e. The van der Waals surface area contributed by atoms with Crippen molar-refractivity contribution in [3.63, 3.8) is 0 Å². The number of rotatable bonds is 5. The highest BCUT2D eigenvalue weighted by molar-refractivity contribution is 5.95. The fraction of sp³-hybridized carbons (Fsp3) is 0.562. The molecule has 4 nitrogen and oxygen atoms in total. The van der Waals surface area contributed by atoms with Gasteiger partial charge in [0.25, 0.3) is 5.91 Å². The van der Waals surface area contributed by atoms with Crippen molar-refractivity contribution >= 4 is 11.6 Å². The molecule has 1 saturated heterocycles. The molecule has 0 aromatic heterocycles. The number of ether oxygens (including phenoxy) is 1. The zero-order valence-electron chi connectivity index (χ0n) is 11.7. The van der Waals surface area contributed by atoms with Crippen molar-refractivity contribution in [1.29, 1.82) is 0 Å². The van der Waals surface area contributed by atoms with Crippen LogP contribution in [0.4, 0.5) is 5.69 Å². The van der Waals surface area contributed by atoms with Crippen LogP contribution in [0.2, 0.25) is 0 Å². The Kier molecular flexibility index (Phi) is 4.21. The van der Waals surface area contributed by atoms with E-state index >= 15 is 0 Å². The van der Waals surface area contributed by atoms with Gasteiger partial charge >= 0.3 is 0 Å². The van der Waals surface area contributed by atoms with Gasteiger partial charge in [-0.15, -0.1) is 0 Å². The summed E-state index contributed by atoms with van der Waals surface area (Å²) in [4.78, 5) is 12.0. The molecule has 0 bridgehead atoms. The zero-order chi connectivity index (χ0) is 13.8. The third kappa shape index (κ3) is 3.73. The first-order chi connectivity index (χ1) is 9.81. The summed E-state index contributed by atoms with van der Waals surface area (Å²) >= 11 is 0. The van der Waals surface area contributed by atoms with Crippen LogP contribution in [0.3, 0.4) is 0 Å². The first-order valence-electron chi connectivity index (χ1n) is 7.54. The zero-order valence-corrected chi connectivity index (χ0v) is 11.7. The summed E-state index contributed by atoms with van der Waals surface area (Å²) in [6.45, 7) is 2.70. The van der Waals surface area contributed by atoms with E-state index in [0.29, 0.717) is 12.0 Å². The summed E-state index contributed by atoms with van der Waals surface area (Å²) < 4.78 is 5.36. The van der Waals surface area contributed by atoms with Gasteiger partial charge in [-0.3, -0.25) is 4.79 Å². The van der Waals surface area contributed by atoms with Crippen LogP contribution in [-0.2, 0) is 4.74 Å². The molecule has 1 aliphatic heterocycles. The average molecular weight is 274 g/mol. The smallest absolute Gasteiger partial charge is 0.251 e. The predicted octanol–water partition coefficient (Wildman–Crippen LogP) is 2.42. The van der Waals surface area contributed by atoms with Crippen molar-refractivity contribution in [2.75, 3.05) is 25.1 Å². The van der Waals surface area contributed by atoms with E-state index in [-0.39, 0.29) is 5.91 Å². The Hall–Kier alpha value is -1.55. The van der Waals surface area contributed by atoms with Crippen LogP contribution in [-0.4, -0.2) is 31.7 Å². The third-order valence-corrected chi connectivity index (χ3v) is 3.97. The molecule has 0 spiro atoms. The molecule has 2 fully saturated rings. The van der Waals surface area contributed by atoms with Crippen LogP contribution >= 0.6 is 0 Å². The van der Waals surface area contributed by atoms with E-state index in [1.165, 1.54) is 0 Å². The van der Waals surface area contributed by atoms with Crippen LogP contribution in [0.15, 0.2) is 24.3 Å². The second-order valence-electron chi connectivity index (χ2n) is 5.77. The molecule has 0 radical (unpaired) electrons. The van der Waals surface area contributed by atoms with Gasteiger partial charge in [0.2, 0.25) is 0 Å². The van der Waals surface area contributed by atoms with Crippen molar-refractivity contribution in [2.24, 2.45) is 5.92 Å². The number of nitrogens with one attached hydrogen (secondary N) is 2. The largest absolute Gasteiger partial charge is 0.385 e. The van der Waals surface area contributed by atoms with Gasteiger partial charge in [0.1, 0.15) is 0 Å². The maximum atomic E-state index is 12.0. The lowest BCUT2D eigenvalue weighted by Crippen LogP contribution is -2.25. The molecular formula is C16H22N2O2. The molecule has 20 heavy (non-hydrogen) atoms. The van der Waals surface area contributed by atoms with Gasteiger partial charge in [0.15, 0.2) is 0 Å². The SMILES string of the molecule is O=C(NC1CC1)c1cccc(NCC2CCOCC2)c1. The molecule has 108 valence electrons. The van der Waals surface area contributed by atoms with Crippen molar-refractivity contribution in [3.05, 3.63) is 29.8 Å². The van der Waals surface area contributed by atoms with Crippen molar-refractivity contribution in [3.8, 4) is 0 Å². The molecule has 3 rings (SSSR count). The summed E-state index contributed by atoms with van der Waals surface area (Å²) in [6, 6.07) is 8.18. The lowest BCUT2D eigenvalue weighted by atomic mass is 10.0. The van der Waals surface area contributed by atoms with E-state index < -0.39 is 0 Å². The van der Waals surface area contributed by atoms with Crippen molar-refractivity contribution in [2.45, 2.75) is 31.7 Å². The minimum absolute atomic E-state index is 0.0437. The van der Waals surface area contributed by atoms with Crippen molar-refractivity contribution < 1.29 is 9.53 Å². The predicted molar refractivity (Wildman–Crippen MR) is 79.0 cm³/mol. The minimum atomic E-state index is 0.0437. The van der Waals surface area contributed by atoms with E-state index in [2.05, 4.69) is 10.6 Å². The molecule has 1 aromatic rings. The Labute approximate surface area is 119 Å². The number of hydrogen-bond acceptors (Lipinski definition) is 3. The van der Waals surface area contributed by atoms with Crippen LogP contribution in [0.5, 0.6) is 0 Å². The van der Waals surface area contributed by atoms with E-state index in [1.807, 2.05) is 24.3 Å². The monoisotopic (exact) mass is 274 g/mol. The van der Waals surface area contributed by atoms with Crippen LogP contribution in [0.1, 0.15) is 36.0 Å². The highest BCUT2D eigenvalue weighted by Gasteiger charge is 2.23. The van der Waals surface area contributed by atoms with E-state index in [9.17, 15) is 4.79 Å². The number of amides is 1. The molecule has 1 saturated carbocycles. The fourth-order valence-electron chi connectivity index (χ4n) is 2.48. The quantitative estimate of drug-likeness (QED) is 0.867. The first-order valence-corrected chi connectivity index (χ1v) is 7.54. The maximum absolute atomic E-state index is 12.0. The van der Waals surface area contributed by atoms with E-state index in [0.717, 1.165) is 56.7 Å². The van der Waals surface area contributed by atoms with E-state index in [4.69, 9.17) is 4.74 Å².